The Morgan fingerprint density at radius 2 is 1.81 bits per heavy atom. The van der Waals surface area contributed by atoms with E-state index in [-0.39, 0.29) is 18.8 Å². The SMILES string of the molecule is N#CCCOc1ccccc1OC(F)(F)F. The number of hydrogen-bond donors (Lipinski definition) is 0. The predicted octanol–water partition coefficient (Wildman–Crippen LogP) is 2.88. The second-order valence-corrected chi connectivity index (χ2v) is 2.75. The van der Waals surface area contributed by atoms with Gasteiger partial charge in [0.15, 0.2) is 11.5 Å². The Morgan fingerprint density at radius 1 is 1.19 bits per heavy atom. The van der Waals surface area contributed by atoms with Gasteiger partial charge < -0.3 is 9.47 Å². The maximum Gasteiger partial charge on any atom is 0.573 e. The predicted molar refractivity (Wildman–Crippen MR) is 48.9 cm³/mol. The summed E-state index contributed by atoms with van der Waals surface area (Å²) in [7, 11) is 0. The van der Waals surface area contributed by atoms with Gasteiger partial charge in [-0.15, -0.1) is 13.2 Å². The summed E-state index contributed by atoms with van der Waals surface area (Å²) >= 11 is 0. The van der Waals surface area contributed by atoms with Gasteiger partial charge in [0.1, 0.15) is 6.61 Å². The van der Waals surface area contributed by atoms with Crippen LogP contribution in [0.3, 0.4) is 0 Å². The van der Waals surface area contributed by atoms with Crippen molar-refractivity contribution in [1.82, 2.24) is 0 Å². The third-order valence-corrected chi connectivity index (χ3v) is 1.55. The third-order valence-electron chi connectivity index (χ3n) is 1.55. The van der Waals surface area contributed by atoms with Crippen LogP contribution >= 0.6 is 0 Å². The number of halogens is 3. The number of para-hydroxylation sites is 2. The molecule has 3 nitrogen and oxygen atoms in total. The molecule has 0 heterocycles. The zero-order valence-corrected chi connectivity index (χ0v) is 8.12. The minimum absolute atomic E-state index is 0.0226. The van der Waals surface area contributed by atoms with E-state index in [4.69, 9.17) is 10.00 Å². The number of alkyl halides is 3. The van der Waals surface area contributed by atoms with Crippen molar-refractivity contribution in [2.24, 2.45) is 0 Å². The van der Waals surface area contributed by atoms with Crippen LogP contribution in [0, 0.1) is 11.3 Å². The van der Waals surface area contributed by atoms with Gasteiger partial charge in [0.2, 0.25) is 0 Å². The molecular weight excluding hydrogens is 223 g/mol. The van der Waals surface area contributed by atoms with Gasteiger partial charge in [-0.1, -0.05) is 12.1 Å². The van der Waals surface area contributed by atoms with Gasteiger partial charge in [0.25, 0.3) is 0 Å². The summed E-state index contributed by atoms with van der Waals surface area (Å²) in [5, 5.41) is 8.26. The first-order chi connectivity index (χ1) is 7.53. The fraction of sp³-hybridized carbons (Fsp3) is 0.300. The molecule has 0 aromatic heterocycles. The fourth-order valence-electron chi connectivity index (χ4n) is 0.985. The summed E-state index contributed by atoms with van der Waals surface area (Å²) < 4.78 is 44.7. The molecule has 0 aliphatic heterocycles. The van der Waals surface area contributed by atoms with E-state index in [1.807, 2.05) is 6.07 Å². The zero-order valence-electron chi connectivity index (χ0n) is 8.12. The van der Waals surface area contributed by atoms with Crippen LogP contribution in [0.15, 0.2) is 24.3 Å². The van der Waals surface area contributed by atoms with E-state index in [1.54, 1.807) is 0 Å². The molecule has 1 aromatic carbocycles. The lowest BCUT2D eigenvalue weighted by Crippen LogP contribution is -2.17. The fourth-order valence-corrected chi connectivity index (χ4v) is 0.985. The number of nitriles is 1. The van der Waals surface area contributed by atoms with Crippen LogP contribution in [-0.2, 0) is 0 Å². The van der Waals surface area contributed by atoms with Gasteiger partial charge in [-0.3, -0.25) is 0 Å². The average Bonchev–Trinajstić information content (AvgIpc) is 2.19. The van der Waals surface area contributed by atoms with E-state index in [0.717, 1.165) is 6.07 Å². The second-order valence-electron chi connectivity index (χ2n) is 2.75. The molecule has 0 saturated carbocycles. The molecule has 0 fully saturated rings. The molecule has 86 valence electrons. The number of hydrogen-bond acceptors (Lipinski definition) is 3. The van der Waals surface area contributed by atoms with Crippen molar-refractivity contribution < 1.29 is 22.6 Å². The largest absolute Gasteiger partial charge is 0.573 e. The summed E-state index contributed by atoms with van der Waals surface area (Å²) in [6.07, 6.45) is -4.66. The topological polar surface area (TPSA) is 42.2 Å². The first-order valence-electron chi connectivity index (χ1n) is 4.37. The zero-order chi connectivity index (χ0) is 12.0. The normalized spacial score (nSPS) is 10.6. The highest BCUT2D eigenvalue weighted by atomic mass is 19.4. The van der Waals surface area contributed by atoms with Gasteiger partial charge in [-0.25, -0.2) is 0 Å². The van der Waals surface area contributed by atoms with Gasteiger partial charge in [-0.2, -0.15) is 5.26 Å². The smallest absolute Gasteiger partial charge is 0.489 e. The van der Waals surface area contributed by atoms with Crippen molar-refractivity contribution in [1.29, 1.82) is 5.26 Å². The lowest BCUT2D eigenvalue weighted by Gasteiger charge is -2.12. The molecule has 0 bridgehead atoms. The summed E-state index contributed by atoms with van der Waals surface area (Å²) in [5.74, 6) is -0.442. The van der Waals surface area contributed by atoms with Crippen molar-refractivity contribution in [3.8, 4) is 17.6 Å². The van der Waals surface area contributed by atoms with Gasteiger partial charge in [-0.05, 0) is 12.1 Å². The molecule has 0 amide bonds. The standard InChI is InChI=1S/C10H8F3NO2/c11-10(12,13)16-9-5-2-1-4-8(9)15-7-3-6-14/h1-2,4-5H,3,7H2. The molecule has 0 spiro atoms. The monoisotopic (exact) mass is 231 g/mol. The Balaban J connectivity index is 2.72. The van der Waals surface area contributed by atoms with Gasteiger partial charge >= 0.3 is 6.36 Å². The van der Waals surface area contributed by atoms with Crippen LogP contribution < -0.4 is 9.47 Å². The lowest BCUT2D eigenvalue weighted by atomic mass is 10.3. The summed E-state index contributed by atoms with van der Waals surface area (Å²) in [4.78, 5) is 0. The van der Waals surface area contributed by atoms with Gasteiger partial charge in [0.05, 0.1) is 12.5 Å². The molecule has 0 aliphatic rings. The van der Waals surface area contributed by atoms with Crippen LogP contribution in [-0.4, -0.2) is 13.0 Å². The Hall–Kier alpha value is -1.90. The summed E-state index contributed by atoms with van der Waals surface area (Å²) in [6, 6.07) is 7.23. The van der Waals surface area contributed by atoms with E-state index in [9.17, 15) is 13.2 Å². The van der Waals surface area contributed by atoms with Gasteiger partial charge in [0, 0.05) is 0 Å². The molecule has 0 aliphatic carbocycles. The Labute approximate surface area is 90.0 Å². The second kappa shape index (κ2) is 5.26. The van der Waals surface area contributed by atoms with E-state index in [1.165, 1.54) is 18.2 Å². The number of nitrogens with zero attached hydrogens (tertiary/aromatic N) is 1. The van der Waals surface area contributed by atoms with Crippen molar-refractivity contribution in [2.75, 3.05) is 6.61 Å². The number of rotatable bonds is 4. The number of ether oxygens (including phenoxy) is 2. The van der Waals surface area contributed by atoms with Crippen molar-refractivity contribution >= 4 is 0 Å². The van der Waals surface area contributed by atoms with E-state index in [2.05, 4.69) is 4.74 Å². The highest BCUT2D eigenvalue weighted by Crippen LogP contribution is 2.31. The van der Waals surface area contributed by atoms with Crippen molar-refractivity contribution in [3.63, 3.8) is 0 Å². The maximum absolute atomic E-state index is 12.0. The maximum atomic E-state index is 12.0. The molecule has 0 saturated heterocycles. The molecule has 1 rings (SSSR count). The van der Waals surface area contributed by atoms with Crippen LogP contribution in [0.5, 0.6) is 11.5 Å². The Morgan fingerprint density at radius 3 is 2.38 bits per heavy atom. The van der Waals surface area contributed by atoms with Crippen molar-refractivity contribution in [3.05, 3.63) is 24.3 Å². The van der Waals surface area contributed by atoms with Crippen LogP contribution in [0.1, 0.15) is 6.42 Å². The van der Waals surface area contributed by atoms with E-state index in [0.29, 0.717) is 0 Å². The Kier molecular flexibility index (Phi) is 4.00. The van der Waals surface area contributed by atoms with Crippen molar-refractivity contribution in [2.45, 2.75) is 12.8 Å². The molecule has 0 atom stereocenters. The summed E-state index contributed by atoms with van der Waals surface area (Å²) in [5.41, 5.74) is 0. The molecule has 1 aromatic rings. The first-order valence-corrected chi connectivity index (χ1v) is 4.37. The quantitative estimate of drug-likeness (QED) is 0.748. The Bertz CT molecular complexity index is 384. The van der Waals surface area contributed by atoms with Crippen LogP contribution in [0.25, 0.3) is 0 Å². The average molecular weight is 231 g/mol. The van der Waals surface area contributed by atoms with E-state index >= 15 is 0 Å². The molecule has 16 heavy (non-hydrogen) atoms. The van der Waals surface area contributed by atoms with E-state index < -0.39 is 12.1 Å². The molecule has 6 heteroatoms. The van der Waals surface area contributed by atoms with Crippen LogP contribution in [0.4, 0.5) is 13.2 Å². The molecule has 0 radical (unpaired) electrons. The lowest BCUT2D eigenvalue weighted by molar-refractivity contribution is -0.275. The first kappa shape index (κ1) is 12.2. The highest BCUT2D eigenvalue weighted by Gasteiger charge is 2.32. The molecule has 0 unspecified atom stereocenters. The number of benzene rings is 1. The molecular formula is C10H8F3NO2. The minimum atomic E-state index is -4.76. The minimum Gasteiger partial charge on any atom is -0.489 e. The highest BCUT2D eigenvalue weighted by molar-refractivity contribution is 5.39. The third kappa shape index (κ3) is 4.09. The summed E-state index contributed by atoms with van der Waals surface area (Å²) in [6.45, 7) is 0.0226. The van der Waals surface area contributed by atoms with Crippen LogP contribution in [0.2, 0.25) is 0 Å². The molecule has 0 N–H and O–H groups in total.